The van der Waals surface area contributed by atoms with Crippen molar-refractivity contribution in [3.05, 3.63) is 0 Å². The molecule has 0 spiro atoms. The van der Waals surface area contributed by atoms with Gasteiger partial charge in [-0.3, -0.25) is 0 Å². The lowest BCUT2D eigenvalue weighted by Crippen LogP contribution is -2.35. The van der Waals surface area contributed by atoms with Crippen LogP contribution in [0.2, 0.25) is 0 Å². The summed E-state index contributed by atoms with van der Waals surface area (Å²) in [6.07, 6.45) is 2.13. The third-order valence-electron chi connectivity index (χ3n) is 2.85. The molecular formula is C11H25N3O2. The van der Waals surface area contributed by atoms with Crippen LogP contribution in [0.1, 0.15) is 40.0 Å². The van der Waals surface area contributed by atoms with E-state index in [0.29, 0.717) is 0 Å². The summed E-state index contributed by atoms with van der Waals surface area (Å²) in [4.78, 5) is 0. The van der Waals surface area contributed by atoms with E-state index in [-0.39, 0.29) is 17.4 Å². The van der Waals surface area contributed by atoms with Crippen LogP contribution in [0.4, 0.5) is 0 Å². The second-order valence-corrected chi connectivity index (χ2v) is 4.72. The average Bonchev–Trinajstić information content (AvgIpc) is 2.26. The highest BCUT2D eigenvalue weighted by molar-refractivity contribution is 5.85. The monoisotopic (exact) mass is 231 g/mol. The van der Waals surface area contributed by atoms with E-state index < -0.39 is 0 Å². The van der Waals surface area contributed by atoms with Crippen LogP contribution < -0.4 is 11.1 Å². The van der Waals surface area contributed by atoms with Crippen molar-refractivity contribution in [3.8, 4) is 0 Å². The second kappa shape index (κ2) is 7.46. The minimum atomic E-state index is -0.300. The molecule has 0 aliphatic rings. The summed E-state index contributed by atoms with van der Waals surface area (Å²) in [5.41, 5.74) is 5.27. The van der Waals surface area contributed by atoms with Gasteiger partial charge in [0.15, 0.2) is 0 Å². The molecule has 0 amide bonds. The molecule has 0 saturated heterocycles. The molecule has 0 aromatic rings. The molecule has 0 bridgehead atoms. The fourth-order valence-electron chi connectivity index (χ4n) is 1.26. The van der Waals surface area contributed by atoms with E-state index in [1.807, 2.05) is 20.8 Å². The lowest BCUT2D eigenvalue weighted by Gasteiger charge is -2.22. The van der Waals surface area contributed by atoms with Crippen LogP contribution in [0.25, 0.3) is 0 Å². The zero-order valence-electron chi connectivity index (χ0n) is 10.5. The smallest absolute Gasteiger partial charge is 0.144 e. The van der Waals surface area contributed by atoms with E-state index in [0.717, 1.165) is 32.4 Å². The number of nitrogens with one attached hydrogen (secondary N) is 1. The lowest BCUT2D eigenvalue weighted by atomic mass is 9.88. The molecule has 0 heterocycles. The van der Waals surface area contributed by atoms with Gasteiger partial charge < -0.3 is 21.4 Å². The molecule has 0 saturated carbocycles. The molecular weight excluding hydrogens is 206 g/mol. The number of aliphatic hydroxyl groups excluding tert-OH is 1. The molecule has 5 N–H and O–H groups in total. The Morgan fingerprint density at radius 1 is 1.44 bits per heavy atom. The SMILES string of the molecule is CCC(O)CCNCCC(C)(C)C(N)=NO. The second-order valence-electron chi connectivity index (χ2n) is 4.72. The fraction of sp³-hybridized carbons (Fsp3) is 0.909. The van der Waals surface area contributed by atoms with Crippen LogP contribution in [0.15, 0.2) is 5.16 Å². The zero-order valence-corrected chi connectivity index (χ0v) is 10.5. The van der Waals surface area contributed by atoms with Crippen LogP contribution in [0, 0.1) is 5.41 Å². The number of rotatable bonds is 8. The Hall–Kier alpha value is -0.810. The molecule has 0 fully saturated rings. The molecule has 1 atom stereocenters. The summed E-state index contributed by atoms with van der Waals surface area (Å²) in [5.74, 6) is 0.253. The van der Waals surface area contributed by atoms with Gasteiger partial charge in [0, 0.05) is 5.41 Å². The van der Waals surface area contributed by atoms with Crippen molar-refractivity contribution in [1.29, 1.82) is 0 Å². The van der Waals surface area contributed by atoms with E-state index in [9.17, 15) is 5.11 Å². The Kier molecular flexibility index (Phi) is 7.08. The maximum absolute atomic E-state index is 9.33. The van der Waals surface area contributed by atoms with Gasteiger partial charge in [-0.25, -0.2) is 0 Å². The highest BCUT2D eigenvalue weighted by Gasteiger charge is 2.22. The summed E-state index contributed by atoms with van der Waals surface area (Å²) < 4.78 is 0. The molecule has 0 rings (SSSR count). The molecule has 16 heavy (non-hydrogen) atoms. The molecule has 0 aliphatic heterocycles. The van der Waals surface area contributed by atoms with E-state index >= 15 is 0 Å². The normalized spacial score (nSPS) is 15.1. The third kappa shape index (κ3) is 5.92. The fourth-order valence-corrected chi connectivity index (χ4v) is 1.26. The lowest BCUT2D eigenvalue weighted by molar-refractivity contribution is 0.159. The summed E-state index contributed by atoms with van der Waals surface area (Å²) in [7, 11) is 0. The molecule has 0 radical (unpaired) electrons. The Labute approximate surface area is 97.7 Å². The van der Waals surface area contributed by atoms with E-state index in [1.165, 1.54) is 0 Å². The van der Waals surface area contributed by atoms with Crippen molar-refractivity contribution in [2.75, 3.05) is 13.1 Å². The predicted octanol–water partition coefficient (Wildman–Crippen LogP) is 0.900. The van der Waals surface area contributed by atoms with Gasteiger partial charge in [0.25, 0.3) is 0 Å². The zero-order chi connectivity index (χ0) is 12.6. The minimum Gasteiger partial charge on any atom is -0.409 e. The van der Waals surface area contributed by atoms with Gasteiger partial charge in [-0.1, -0.05) is 25.9 Å². The van der Waals surface area contributed by atoms with Crippen LogP contribution >= 0.6 is 0 Å². The van der Waals surface area contributed by atoms with Crippen LogP contribution in [0.3, 0.4) is 0 Å². The molecule has 5 nitrogen and oxygen atoms in total. The number of hydrogen-bond acceptors (Lipinski definition) is 4. The summed E-state index contributed by atoms with van der Waals surface area (Å²) in [6.45, 7) is 7.42. The quantitative estimate of drug-likeness (QED) is 0.164. The van der Waals surface area contributed by atoms with Gasteiger partial charge in [-0.2, -0.15) is 0 Å². The Bertz CT molecular complexity index is 217. The van der Waals surface area contributed by atoms with E-state index in [1.54, 1.807) is 0 Å². The van der Waals surface area contributed by atoms with Gasteiger partial charge in [0.05, 0.1) is 6.10 Å². The van der Waals surface area contributed by atoms with Crippen molar-refractivity contribution in [2.24, 2.45) is 16.3 Å². The van der Waals surface area contributed by atoms with Crippen molar-refractivity contribution in [3.63, 3.8) is 0 Å². The number of oxime groups is 1. The first-order valence-electron chi connectivity index (χ1n) is 5.80. The summed E-state index contributed by atoms with van der Waals surface area (Å²) >= 11 is 0. The van der Waals surface area contributed by atoms with Gasteiger partial charge >= 0.3 is 0 Å². The first-order chi connectivity index (χ1) is 7.44. The Morgan fingerprint density at radius 2 is 2.06 bits per heavy atom. The largest absolute Gasteiger partial charge is 0.409 e. The van der Waals surface area contributed by atoms with E-state index in [4.69, 9.17) is 10.9 Å². The summed E-state index contributed by atoms with van der Waals surface area (Å²) in [5, 5.41) is 24.2. The first-order valence-corrected chi connectivity index (χ1v) is 5.80. The van der Waals surface area contributed by atoms with Gasteiger partial charge in [-0.05, 0) is 32.4 Å². The molecule has 0 aromatic heterocycles. The Morgan fingerprint density at radius 3 is 2.56 bits per heavy atom. The number of nitrogens with two attached hydrogens (primary N) is 1. The first kappa shape index (κ1) is 15.2. The van der Waals surface area contributed by atoms with Crippen LogP contribution in [-0.2, 0) is 0 Å². The molecule has 0 aromatic carbocycles. The topological polar surface area (TPSA) is 90.9 Å². The highest BCUT2D eigenvalue weighted by atomic mass is 16.4. The van der Waals surface area contributed by atoms with Gasteiger partial charge in [-0.15, -0.1) is 0 Å². The molecule has 1 unspecified atom stereocenters. The summed E-state index contributed by atoms with van der Waals surface area (Å²) in [6, 6.07) is 0. The number of amidine groups is 1. The highest BCUT2D eigenvalue weighted by Crippen LogP contribution is 2.19. The number of nitrogens with zero attached hydrogens (tertiary/aromatic N) is 1. The van der Waals surface area contributed by atoms with Crippen molar-refractivity contribution >= 4 is 5.84 Å². The van der Waals surface area contributed by atoms with Gasteiger partial charge in [0.2, 0.25) is 0 Å². The Balaban J connectivity index is 3.66. The number of hydrogen-bond donors (Lipinski definition) is 4. The maximum atomic E-state index is 9.33. The standard InChI is InChI=1S/C11H25N3O2/c1-4-9(15)5-7-13-8-6-11(2,3)10(12)14-16/h9,13,15-16H,4-8H2,1-3H3,(H2,12,14). The number of aliphatic hydroxyl groups is 1. The maximum Gasteiger partial charge on any atom is 0.144 e. The van der Waals surface area contributed by atoms with Crippen molar-refractivity contribution in [1.82, 2.24) is 5.32 Å². The van der Waals surface area contributed by atoms with Gasteiger partial charge in [0.1, 0.15) is 5.84 Å². The van der Waals surface area contributed by atoms with Crippen molar-refractivity contribution < 1.29 is 10.3 Å². The van der Waals surface area contributed by atoms with E-state index in [2.05, 4.69) is 10.5 Å². The minimum absolute atomic E-state index is 0.218. The predicted molar refractivity (Wildman–Crippen MR) is 65.6 cm³/mol. The molecule has 0 aliphatic carbocycles. The van der Waals surface area contributed by atoms with Crippen LogP contribution in [0.5, 0.6) is 0 Å². The molecule has 96 valence electrons. The molecule has 5 heteroatoms. The average molecular weight is 231 g/mol. The van der Waals surface area contributed by atoms with Crippen molar-refractivity contribution in [2.45, 2.75) is 46.1 Å². The van der Waals surface area contributed by atoms with Crippen LogP contribution in [-0.4, -0.2) is 35.3 Å². The third-order valence-corrected chi connectivity index (χ3v) is 2.85.